The summed E-state index contributed by atoms with van der Waals surface area (Å²) in [5.74, 6) is -0.514. The van der Waals surface area contributed by atoms with Crippen LogP contribution in [0.4, 0.5) is 0 Å². The first-order valence-electron chi connectivity index (χ1n) is 9.54. The number of carbonyl (C=O) groups is 1. The summed E-state index contributed by atoms with van der Waals surface area (Å²) in [4.78, 5) is 11.1. The van der Waals surface area contributed by atoms with Crippen molar-refractivity contribution in [3.63, 3.8) is 0 Å². The van der Waals surface area contributed by atoms with Crippen molar-refractivity contribution >= 4 is 16.2 Å². The second-order valence-corrected chi connectivity index (χ2v) is 9.30. The molecule has 0 amide bonds. The van der Waals surface area contributed by atoms with Gasteiger partial charge in [0.15, 0.2) is 0 Å². The van der Waals surface area contributed by atoms with Crippen LogP contribution in [-0.2, 0) is 16.6 Å². The molecule has 1 aromatic rings. The molecule has 0 spiro atoms. The number of aromatic carboxylic acids is 1. The minimum absolute atomic E-state index is 0.309. The summed E-state index contributed by atoms with van der Waals surface area (Å²) < 4.78 is 29.0. The van der Waals surface area contributed by atoms with Crippen LogP contribution >= 0.6 is 0 Å². The molecule has 0 atom stereocenters. The second-order valence-electron chi connectivity index (χ2n) is 7.37. The largest absolute Gasteiger partial charge is 0.478 e. The van der Waals surface area contributed by atoms with Crippen LogP contribution in [0.1, 0.15) is 54.4 Å². The lowest BCUT2D eigenvalue weighted by atomic mass is 9.90. The topological polar surface area (TPSA) is 77.9 Å². The fourth-order valence-electron chi connectivity index (χ4n) is 3.94. The highest BCUT2D eigenvalue weighted by atomic mass is 32.2. The van der Waals surface area contributed by atoms with Crippen molar-refractivity contribution in [1.29, 1.82) is 0 Å². The lowest BCUT2D eigenvalue weighted by Crippen LogP contribution is -2.47. The number of piperidine rings is 1. The highest BCUT2D eigenvalue weighted by molar-refractivity contribution is 7.86. The Morgan fingerprint density at radius 3 is 2.23 bits per heavy atom. The van der Waals surface area contributed by atoms with Gasteiger partial charge in [0, 0.05) is 26.2 Å². The molecule has 0 aliphatic carbocycles. The van der Waals surface area contributed by atoms with Crippen LogP contribution in [0.3, 0.4) is 0 Å². The Labute approximate surface area is 156 Å². The predicted molar refractivity (Wildman–Crippen MR) is 100 cm³/mol. The molecule has 2 saturated heterocycles. The van der Waals surface area contributed by atoms with Gasteiger partial charge in [0.1, 0.15) is 0 Å². The normalized spacial score (nSPS) is 21.4. The number of carboxylic acids is 1. The van der Waals surface area contributed by atoms with Gasteiger partial charge < -0.3 is 5.11 Å². The van der Waals surface area contributed by atoms with E-state index in [9.17, 15) is 13.2 Å². The summed E-state index contributed by atoms with van der Waals surface area (Å²) in [6.45, 7) is 2.40. The molecule has 2 fully saturated rings. The predicted octanol–water partition coefficient (Wildman–Crippen LogP) is 2.76. The van der Waals surface area contributed by atoms with E-state index < -0.39 is 16.2 Å². The zero-order chi connectivity index (χ0) is 18.6. The second kappa shape index (κ2) is 8.50. The monoisotopic (exact) mass is 380 g/mol. The van der Waals surface area contributed by atoms with Crippen LogP contribution in [0.2, 0.25) is 0 Å². The average molecular weight is 381 g/mol. The van der Waals surface area contributed by atoms with Crippen molar-refractivity contribution in [1.82, 2.24) is 8.61 Å². The van der Waals surface area contributed by atoms with Gasteiger partial charge in [-0.2, -0.15) is 17.0 Å². The van der Waals surface area contributed by atoms with Crippen molar-refractivity contribution in [3.8, 4) is 0 Å². The zero-order valence-electron chi connectivity index (χ0n) is 15.1. The Bertz CT molecular complexity index is 719. The van der Waals surface area contributed by atoms with Crippen LogP contribution in [0.5, 0.6) is 0 Å². The molecule has 3 rings (SSSR count). The summed E-state index contributed by atoms with van der Waals surface area (Å²) in [6.07, 6.45) is 6.59. The molecule has 0 saturated carbocycles. The maximum Gasteiger partial charge on any atom is 0.335 e. The van der Waals surface area contributed by atoms with E-state index in [0.29, 0.717) is 37.7 Å². The van der Waals surface area contributed by atoms with Crippen molar-refractivity contribution < 1.29 is 18.3 Å². The number of rotatable bonds is 5. The van der Waals surface area contributed by atoms with Crippen LogP contribution in [0.15, 0.2) is 24.3 Å². The molecular weight excluding hydrogens is 352 g/mol. The van der Waals surface area contributed by atoms with Gasteiger partial charge in [0.05, 0.1) is 5.56 Å². The molecule has 1 N–H and O–H groups in total. The quantitative estimate of drug-likeness (QED) is 0.852. The van der Waals surface area contributed by atoms with E-state index in [2.05, 4.69) is 0 Å². The van der Waals surface area contributed by atoms with Gasteiger partial charge in [-0.15, -0.1) is 0 Å². The zero-order valence-corrected chi connectivity index (χ0v) is 16.0. The van der Waals surface area contributed by atoms with Gasteiger partial charge >= 0.3 is 5.97 Å². The summed E-state index contributed by atoms with van der Waals surface area (Å²) in [6, 6.07) is 7.05. The van der Waals surface area contributed by atoms with E-state index in [0.717, 1.165) is 50.5 Å². The fourth-order valence-corrected chi connectivity index (χ4v) is 5.66. The maximum atomic E-state index is 12.9. The minimum atomic E-state index is -3.33. The summed E-state index contributed by atoms with van der Waals surface area (Å²) in [5, 5.41) is 9.11. The molecule has 144 valence electrons. The SMILES string of the molecule is O=C(O)c1cccc(CC2CCN(S(=O)(=O)N3CCCCCC3)CC2)c1. The molecule has 0 bridgehead atoms. The third kappa shape index (κ3) is 4.64. The Hall–Kier alpha value is -1.44. The first kappa shape index (κ1) is 19.3. The maximum absolute atomic E-state index is 12.9. The summed E-state index contributed by atoms with van der Waals surface area (Å²) in [5.41, 5.74) is 1.32. The Morgan fingerprint density at radius 2 is 1.62 bits per heavy atom. The van der Waals surface area contributed by atoms with E-state index in [1.165, 1.54) is 0 Å². The molecule has 0 radical (unpaired) electrons. The van der Waals surface area contributed by atoms with E-state index in [1.54, 1.807) is 26.8 Å². The van der Waals surface area contributed by atoms with E-state index >= 15 is 0 Å². The van der Waals surface area contributed by atoms with Crippen molar-refractivity contribution in [2.75, 3.05) is 26.2 Å². The van der Waals surface area contributed by atoms with Crippen LogP contribution < -0.4 is 0 Å². The van der Waals surface area contributed by atoms with E-state index in [-0.39, 0.29) is 0 Å². The molecule has 2 aliphatic heterocycles. The van der Waals surface area contributed by atoms with Crippen LogP contribution in [-0.4, -0.2) is 54.3 Å². The first-order valence-corrected chi connectivity index (χ1v) is 10.9. The molecule has 2 aliphatic rings. The molecule has 26 heavy (non-hydrogen) atoms. The van der Waals surface area contributed by atoms with Crippen LogP contribution in [0.25, 0.3) is 0 Å². The summed E-state index contributed by atoms with van der Waals surface area (Å²) in [7, 11) is -3.33. The number of hydrogen-bond acceptors (Lipinski definition) is 3. The molecule has 6 nitrogen and oxygen atoms in total. The number of nitrogens with zero attached hydrogens (tertiary/aromatic N) is 2. The highest BCUT2D eigenvalue weighted by Gasteiger charge is 2.33. The van der Waals surface area contributed by atoms with Gasteiger partial charge in [0.25, 0.3) is 10.2 Å². The average Bonchev–Trinajstić information content (AvgIpc) is 2.92. The smallest absolute Gasteiger partial charge is 0.335 e. The lowest BCUT2D eigenvalue weighted by Gasteiger charge is -2.34. The number of hydrogen-bond donors (Lipinski definition) is 1. The molecule has 2 heterocycles. The molecular formula is C19H28N2O4S. The van der Waals surface area contributed by atoms with Gasteiger partial charge in [-0.3, -0.25) is 0 Å². The van der Waals surface area contributed by atoms with Gasteiger partial charge in [-0.1, -0.05) is 25.0 Å². The Balaban J connectivity index is 1.57. The molecule has 7 heteroatoms. The number of benzene rings is 1. The molecule has 0 unspecified atom stereocenters. The van der Waals surface area contributed by atoms with E-state index in [1.807, 2.05) is 6.07 Å². The van der Waals surface area contributed by atoms with Gasteiger partial charge in [-0.25, -0.2) is 4.79 Å². The first-order chi connectivity index (χ1) is 12.5. The Morgan fingerprint density at radius 1 is 1.00 bits per heavy atom. The van der Waals surface area contributed by atoms with Gasteiger partial charge in [0.2, 0.25) is 0 Å². The number of carboxylic acid groups (broad SMARTS) is 1. The fraction of sp³-hybridized carbons (Fsp3) is 0.632. The van der Waals surface area contributed by atoms with Gasteiger partial charge in [-0.05, 0) is 55.7 Å². The standard InChI is InChI=1S/C19H28N2O4S/c22-19(23)18-7-5-6-17(15-18)14-16-8-12-21(13-9-16)26(24,25)20-10-3-1-2-4-11-20/h5-7,15-16H,1-4,8-14H2,(H,22,23). The Kier molecular flexibility index (Phi) is 6.32. The summed E-state index contributed by atoms with van der Waals surface area (Å²) >= 11 is 0. The minimum Gasteiger partial charge on any atom is -0.478 e. The van der Waals surface area contributed by atoms with Crippen molar-refractivity contribution in [2.45, 2.75) is 44.9 Å². The van der Waals surface area contributed by atoms with Crippen molar-refractivity contribution in [3.05, 3.63) is 35.4 Å². The third-order valence-corrected chi connectivity index (χ3v) is 7.52. The lowest BCUT2D eigenvalue weighted by molar-refractivity contribution is 0.0696. The molecule has 0 aromatic heterocycles. The third-order valence-electron chi connectivity index (χ3n) is 5.49. The highest BCUT2D eigenvalue weighted by Crippen LogP contribution is 2.26. The van der Waals surface area contributed by atoms with Crippen molar-refractivity contribution in [2.24, 2.45) is 5.92 Å². The van der Waals surface area contributed by atoms with Crippen LogP contribution in [0, 0.1) is 5.92 Å². The van der Waals surface area contributed by atoms with E-state index in [4.69, 9.17) is 5.11 Å². The molecule has 1 aromatic carbocycles.